The van der Waals surface area contributed by atoms with Gasteiger partial charge in [-0.05, 0) is 31.5 Å². The van der Waals surface area contributed by atoms with Gasteiger partial charge in [0.1, 0.15) is 5.52 Å². The van der Waals surface area contributed by atoms with Crippen molar-refractivity contribution in [3.05, 3.63) is 42.1 Å². The molecule has 0 atom stereocenters. The Hall–Kier alpha value is -2.20. The summed E-state index contributed by atoms with van der Waals surface area (Å²) < 4.78 is 0. The van der Waals surface area contributed by atoms with E-state index in [9.17, 15) is 5.11 Å². The van der Waals surface area contributed by atoms with Crippen LogP contribution in [0.4, 0.5) is 5.82 Å². The van der Waals surface area contributed by atoms with Crippen molar-refractivity contribution >= 4 is 27.6 Å². The van der Waals surface area contributed by atoms with Gasteiger partial charge in [-0.3, -0.25) is 4.98 Å². The summed E-state index contributed by atoms with van der Waals surface area (Å²) in [5, 5.41) is 12.0. The van der Waals surface area contributed by atoms with Crippen molar-refractivity contribution in [1.29, 1.82) is 0 Å². The second-order valence-electron chi connectivity index (χ2n) is 5.19. The molecule has 4 nitrogen and oxygen atoms in total. The lowest BCUT2D eigenvalue weighted by molar-refractivity contribution is 0.0787. The number of rotatable bonds is 1. The lowest BCUT2D eigenvalue weighted by atomic mass is 9.96. The first kappa shape index (κ1) is 11.9. The third-order valence-corrected chi connectivity index (χ3v) is 3.29. The van der Waals surface area contributed by atoms with E-state index in [4.69, 9.17) is 5.73 Å². The van der Waals surface area contributed by atoms with Crippen molar-refractivity contribution in [1.82, 2.24) is 9.97 Å². The SMILES string of the molecule is CC(C)(O)c1ccc2c(c1)nc(N)c1ncccc12. The Bertz CT molecular complexity index is 775. The van der Waals surface area contributed by atoms with Gasteiger partial charge in [0.15, 0.2) is 5.82 Å². The van der Waals surface area contributed by atoms with Gasteiger partial charge in [-0.15, -0.1) is 0 Å². The van der Waals surface area contributed by atoms with Crippen molar-refractivity contribution in [3.63, 3.8) is 0 Å². The van der Waals surface area contributed by atoms with Crippen LogP contribution in [0.2, 0.25) is 0 Å². The van der Waals surface area contributed by atoms with E-state index in [1.54, 1.807) is 20.0 Å². The van der Waals surface area contributed by atoms with E-state index >= 15 is 0 Å². The van der Waals surface area contributed by atoms with E-state index in [0.717, 1.165) is 21.9 Å². The van der Waals surface area contributed by atoms with Gasteiger partial charge in [0.2, 0.25) is 0 Å². The van der Waals surface area contributed by atoms with E-state index in [1.165, 1.54) is 0 Å². The summed E-state index contributed by atoms with van der Waals surface area (Å²) in [6, 6.07) is 9.60. The molecule has 3 rings (SSSR count). The Labute approximate surface area is 110 Å². The van der Waals surface area contributed by atoms with Crippen LogP contribution < -0.4 is 5.73 Å². The highest BCUT2D eigenvalue weighted by Gasteiger charge is 2.17. The normalized spacial score (nSPS) is 12.2. The first-order chi connectivity index (χ1) is 8.97. The van der Waals surface area contributed by atoms with Gasteiger partial charge in [0.25, 0.3) is 0 Å². The molecule has 3 aromatic rings. The highest BCUT2D eigenvalue weighted by Crippen LogP contribution is 2.29. The van der Waals surface area contributed by atoms with Crippen LogP contribution in [0, 0.1) is 0 Å². The second kappa shape index (κ2) is 3.90. The lowest BCUT2D eigenvalue weighted by Gasteiger charge is -2.18. The van der Waals surface area contributed by atoms with Gasteiger partial charge in [0.05, 0.1) is 11.1 Å². The maximum Gasteiger partial charge on any atom is 0.150 e. The van der Waals surface area contributed by atoms with Gasteiger partial charge in [0, 0.05) is 17.0 Å². The number of benzene rings is 1. The number of pyridine rings is 2. The third-order valence-electron chi connectivity index (χ3n) is 3.29. The molecule has 0 bridgehead atoms. The first-order valence-electron chi connectivity index (χ1n) is 6.13. The molecule has 19 heavy (non-hydrogen) atoms. The Kier molecular flexibility index (Phi) is 2.43. The average Bonchev–Trinajstić information content (AvgIpc) is 2.37. The van der Waals surface area contributed by atoms with Gasteiger partial charge >= 0.3 is 0 Å². The molecular weight excluding hydrogens is 238 g/mol. The molecule has 2 aromatic heterocycles. The fraction of sp³-hybridized carbons (Fsp3) is 0.200. The molecule has 0 radical (unpaired) electrons. The molecule has 96 valence electrons. The minimum atomic E-state index is -0.894. The number of aromatic nitrogens is 2. The van der Waals surface area contributed by atoms with Gasteiger partial charge < -0.3 is 10.8 Å². The minimum absolute atomic E-state index is 0.413. The quantitative estimate of drug-likeness (QED) is 0.654. The fourth-order valence-corrected chi connectivity index (χ4v) is 2.24. The summed E-state index contributed by atoms with van der Waals surface area (Å²) in [5.74, 6) is 0.413. The predicted octanol–water partition coefficient (Wildman–Crippen LogP) is 2.59. The highest BCUT2D eigenvalue weighted by molar-refractivity contribution is 6.08. The molecule has 0 spiro atoms. The maximum absolute atomic E-state index is 10.1. The van der Waals surface area contributed by atoms with Crippen LogP contribution in [0.5, 0.6) is 0 Å². The van der Waals surface area contributed by atoms with Crippen molar-refractivity contribution in [2.75, 3.05) is 5.73 Å². The van der Waals surface area contributed by atoms with E-state index < -0.39 is 5.60 Å². The van der Waals surface area contributed by atoms with Gasteiger partial charge in [-0.25, -0.2) is 4.98 Å². The Morgan fingerprint density at radius 2 is 1.95 bits per heavy atom. The molecule has 0 aliphatic rings. The molecule has 0 saturated heterocycles. The average molecular weight is 253 g/mol. The molecule has 0 saturated carbocycles. The monoisotopic (exact) mass is 253 g/mol. The zero-order chi connectivity index (χ0) is 13.6. The Balaban J connectivity index is 2.40. The number of aliphatic hydroxyl groups is 1. The van der Waals surface area contributed by atoms with Crippen LogP contribution in [-0.2, 0) is 5.60 Å². The van der Waals surface area contributed by atoms with Crippen LogP contribution in [0.3, 0.4) is 0 Å². The number of hydrogen-bond acceptors (Lipinski definition) is 4. The smallest absolute Gasteiger partial charge is 0.150 e. The van der Waals surface area contributed by atoms with Crippen LogP contribution >= 0.6 is 0 Å². The van der Waals surface area contributed by atoms with Crippen molar-refractivity contribution in [3.8, 4) is 0 Å². The lowest BCUT2D eigenvalue weighted by Crippen LogP contribution is -2.15. The number of hydrogen-bond donors (Lipinski definition) is 2. The standard InChI is InChI=1S/C15H15N3O/c1-15(2,19)9-5-6-10-11-4-3-7-17-13(11)14(16)18-12(10)8-9/h3-8,19H,1-2H3,(H2,16,18). The van der Waals surface area contributed by atoms with Gasteiger partial charge in [-0.1, -0.05) is 18.2 Å². The van der Waals surface area contributed by atoms with E-state index in [2.05, 4.69) is 9.97 Å². The minimum Gasteiger partial charge on any atom is -0.386 e. The molecular formula is C15H15N3O. The molecule has 3 N–H and O–H groups in total. The second-order valence-corrected chi connectivity index (χ2v) is 5.19. The van der Waals surface area contributed by atoms with E-state index in [0.29, 0.717) is 11.3 Å². The van der Waals surface area contributed by atoms with Crippen molar-refractivity contribution in [2.45, 2.75) is 19.4 Å². The number of fused-ring (bicyclic) bond motifs is 3. The van der Waals surface area contributed by atoms with Crippen LogP contribution in [-0.4, -0.2) is 15.1 Å². The molecule has 4 heteroatoms. The Morgan fingerprint density at radius 1 is 1.16 bits per heavy atom. The zero-order valence-electron chi connectivity index (χ0n) is 10.9. The largest absolute Gasteiger partial charge is 0.386 e. The molecule has 0 aliphatic carbocycles. The number of nitrogens with zero attached hydrogens (tertiary/aromatic N) is 2. The first-order valence-corrected chi connectivity index (χ1v) is 6.13. The summed E-state index contributed by atoms with van der Waals surface area (Å²) in [6.45, 7) is 3.50. The summed E-state index contributed by atoms with van der Waals surface area (Å²) in [5.41, 5.74) is 7.36. The highest BCUT2D eigenvalue weighted by atomic mass is 16.3. The maximum atomic E-state index is 10.1. The van der Waals surface area contributed by atoms with Gasteiger partial charge in [-0.2, -0.15) is 0 Å². The summed E-state index contributed by atoms with van der Waals surface area (Å²) in [4.78, 5) is 8.65. The van der Waals surface area contributed by atoms with Crippen molar-refractivity contribution < 1.29 is 5.11 Å². The fourth-order valence-electron chi connectivity index (χ4n) is 2.24. The van der Waals surface area contributed by atoms with Crippen LogP contribution in [0.15, 0.2) is 36.5 Å². The van der Waals surface area contributed by atoms with E-state index in [-0.39, 0.29) is 0 Å². The van der Waals surface area contributed by atoms with Crippen LogP contribution in [0.1, 0.15) is 19.4 Å². The molecule has 1 aromatic carbocycles. The van der Waals surface area contributed by atoms with Crippen LogP contribution in [0.25, 0.3) is 21.8 Å². The molecule has 0 fully saturated rings. The summed E-state index contributed by atoms with van der Waals surface area (Å²) in [6.07, 6.45) is 1.71. The molecule has 2 heterocycles. The predicted molar refractivity (Wildman–Crippen MR) is 76.7 cm³/mol. The third kappa shape index (κ3) is 1.90. The van der Waals surface area contributed by atoms with Crippen molar-refractivity contribution in [2.24, 2.45) is 0 Å². The number of anilines is 1. The summed E-state index contributed by atoms with van der Waals surface area (Å²) >= 11 is 0. The zero-order valence-corrected chi connectivity index (χ0v) is 10.9. The number of nitrogens with two attached hydrogens (primary N) is 1. The topological polar surface area (TPSA) is 72.0 Å². The molecule has 0 aliphatic heterocycles. The molecule has 0 unspecified atom stereocenters. The number of nitrogen functional groups attached to an aromatic ring is 1. The molecule has 0 amide bonds. The summed E-state index contributed by atoms with van der Waals surface area (Å²) in [7, 11) is 0. The Morgan fingerprint density at radius 3 is 2.68 bits per heavy atom. The van der Waals surface area contributed by atoms with E-state index in [1.807, 2.05) is 30.3 Å².